The van der Waals surface area contributed by atoms with E-state index in [9.17, 15) is 14.0 Å². The number of hydrogen-bond donors (Lipinski definition) is 1. The largest absolute Gasteiger partial charge is 0.419 e. The van der Waals surface area contributed by atoms with Gasteiger partial charge in [0, 0.05) is 30.6 Å². The number of hydrogen-bond acceptors (Lipinski definition) is 3. The molecule has 0 atom stereocenters. The average molecular weight is 363 g/mol. The smallest absolute Gasteiger partial charge is 0.408 e. The molecule has 1 N–H and O–H groups in total. The molecule has 1 aromatic heterocycles. The molecule has 5 nitrogen and oxygen atoms in total. The van der Waals surface area contributed by atoms with E-state index < -0.39 is 5.76 Å². The molecule has 1 amide bonds. The summed E-state index contributed by atoms with van der Waals surface area (Å²) >= 11 is 5.87. The van der Waals surface area contributed by atoms with Gasteiger partial charge >= 0.3 is 5.76 Å². The summed E-state index contributed by atoms with van der Waals surface area (Å²) in [5, 5.41) is 3.24. The second-order valence-corrected chi connectivity index (χ2v) is 6.05. The fourth-order valence-corrected chi connectivity index (χ4v) is 2.75. The number of fused-ring (bicyclic) bond motifs is 1. The quantitative estimate of drug-likeness (QED) is 0.732. The molecule has 0 aliphatic heterocycles. The van der Waals surface area contributed by atoms with Crippen LogP contribution in [0.2, 0.25) is 5.02 Å². The first-order valence-electron chi connectivity index (χ1n) is 7.83. The van der Waals surface area contributed by atoms with E-state index in [0.717, 1.165) is 5.56 Å². The Kier molecular flexibility index (Phi) is 5.19. The van der Waals surface area contributed by atoms with Crippen LogP contribution in [0.5, 0.6) is 0 Å². The highest BCUT2D eigenvalue weighted by Crippen LogP contribution is 2.18. The lowest BCUT2D eigenvalue weighted by atomic mass is 10.1. The van der Waals surface area contributed by atoms with Crippen LogP contribution >= 0.6 is 11.6 Å². The Hall–Kier alpha value is -2.60. The summed E-state index contributed by atoms with van der Waals surface area (Å²) in [7, 11) is 0. The normalized spacial score (nSPS) is 11.0. The third kappa shape index (κ3) is 4.28. The molecule has 0 unspecified atom stereocenters. The second kappa shape index (κ2) is 7.53. The highest BCUT2D eigenvalue weighted by atomic mass is 35.5. The summed E-state index contributed by atoms with van der Waals surface area (Å²) in [5.74, 6) is -1.01. The first kappa shape index (κ1) is 17.2. The van der Waals surface area contributed by atoms with E-state index in [1.54, 1.807) is 30.3 Å². The van der Waals surface area contributed by atoms with Crippen LogP contribution in [0.15, 0.2) is 51.7 Å². The van der Waals surface area contributed by atoms with Gasteiger partial charge in [-0.05, 0) is 36.2 Å². The third-order valence-electron chi connectivity index (χ3n) is 3.82. The van der Waals surface area contributed by atoms with E-state index in [1.807, 2.05) is 0 Å². The molecule has 3 aromatic rings. The molecule has 130 valence electrons. The maximum atomic E-state index is 13.1. The van der Waals surface area contributed by atoms with Gasteiger partial charge in [0.05, 0.1) is 5.52 Å². The number of aryl methyl sites for hydroxylation is 1. The Morgan fingerprint density at radius 3 is 2.88 bits per heavy atom. The van der Waals surface area contributed by atoms with Crippen molar-refractivity contribution in [3.8, 4) is 0 Å². The van der Waals surface area contributed by atoms with Crippen molar-refractivity contribution < 1.29 is 13.6 Å². The lowest BCUT2D eigenvalue weighted by Crippen LogP contribution is -2.27. The number of carbonyl (C=O) groups excluding carboxylic acids is 1. The van der Waals surface area contributed by atoms with E-state index in [1.165, 1.54) is 16.7 Å². The number of nitrogens with one attached hydrogen (secondary N) is 1. The topological polar surface area (TPSA) is 64.2 Å². The van der Waals surface area contributed by atoms with E-state index in [-0.39, 0.29) is 24.7 Å². The lowest BCUT2D eigenvalue weighted by Gasteiger charge is -2.06. The number of nitrogens with zero attached hydrogens (tertiary/aromatic N) is 1. The third-order valence-corrected chi connectivity index (χ3v) is 4.05. The van der Waals surface area contributed by atoms with Crippen LogP contribution in [-0.2, 0) is 17.8 Å². The maximum absolute atomic E-state index is 13.1. The summed E-state index contributed by atoms with van der Waals surface area (Å²) in [4.78, 5) is 23.8. The van der Waals surface area contributed by atoms with Crippen molar-refractivity contribution in [1.82, 2.24) is 9.88 Å². The molecule has 0 saturated carbocycles. The monoisotopic (exact) mass is 362 g/mol. The molecule has 0 radical (unpaired) electrons. The lowest BCUT2D eigenvalue weighted by molar-refractivity contribution is -0.121. The van der Waals surface area contributed by atoms with Gasteiger partial charge in [0.15, 0.2) is 5.58 Å². The highest BCUT2D eigenvalue weighted by molar-refractivity contribution is 6.31. The molecule has 2 aromatic carbocycles. The molecule has 7 heteroatoms. The van der Waals surface area contributed by atoms with Crippen molar-refractivity contribution in [3.63, 3.8) is 0 Å². The van der Waals surface area contributed by atoms with Crippen LogP contribution in [0.4, 0.5) is 4.39 Å². The Balaban J connectivity index is 1.54. The van der Waals surface area contributed by atoms with Crippen LogP contribution in [-0.4, -0.2) is 17.0 Å². The van der Waals surface area contributed by atoms with Gasteiger partial charge in [0.25, 0.3) is 0 Å². The molecule has 0 aliphatic rings. The fourth-order valence-electron chi connectivity index (χ4n) is 2.59. The minimum Gasteiger partial charge on any atom is -0.408 e. The fraction of sp³-hybridized carbons (Fsp3) is 0.222. The van der Waals surface area contributed by atoms with Crippen molar-refractivity contribution in [1.29, 1.82) is 0 Å². The molecule has 0 fully saturated rings. The van der Waals surface area contributed by atoms with Crippen LogP contribution in [0.25, 0.3) is 11.1 Å². The minimum atomic E-state index is -0.523. The summed E-state index contributed by atoms with van der Waals surface area (Å²) in [5.41, 5.74) is 1.81. The Morgan fingerprint density at radius 1 is 1.24 bits per heavy atom. The van der Waals surface area contributed by atoms with E-state index in [4.69, 9.17) is 16.0 Å². The minimum absolute atomic E-state index is 0.139. The second-order valence-electron chi connectivity index (χ2n) is 5.61. The van der Waals surface area contributed by atoms with Gasteiger partial charge in [-0.3, -0.25) is 9.36 Å². The van der Waals surface area contributed by atoms with Gasteiger partial charge < -0.3 is 9.73 Å². The SMILES string of the molecule is O=C(CCn1c(=O)oc2cc(Cl)ccc21)NCCc1cccc(F)c1. The van der Waals surface area contributed by atoms with Crippen LogP contribution < -0.4 is 11.1 Å². The van der Waals surface area contributed by atoms with Gasteiger partial charge in [0.2, 0.25) is 5.91 Å². The Bertz CT molecular complexity index is 964. The van der Waals surface area contributed by atoms with Gasteiger partial charge in [-0.25, -0.2) is 9.18 Å². The molecule has 0 bridgehead atoms. The highest BCUT2D eigenvalue weighted by Gasteiger charge is 2.11. The maximum Gasteiger partial charge on any atom is 0.419 e. The molecule has 0 aliphatic carbocycles. The first-order chi connectivity index (χ1) is 12.0. The number of benzene rings is 2. The number of amides is 1. The number of halogens is 2. The van der Waals surface area contributed by atoms with E-state index in [0.29, 0.717) is 29.1 Å². The van der Waals surface area contributed by atoms with Crippen molar-refractivity contribution in [3.05, 3.63) is 69.4 Å². The van der Waals surface area contributed by atoms with Gasteiger partial charge in [-0.2, -0.15) is 0 Å². The summed E-state index contributed by atoms with van der Waals surface area (Å²) in [6.07, 6.45) is 0.677. The zero-order chi connectivity index (χ0) is 17.8. The van der Waals surface area contributed by atoms with Crippen molar-refractivity contribution in [2.75, 3.05) is 6.54 Å². The van der Waals surface area contributed by atoms with Gasteiger partial charge in [0.1, 0.15) is 5.82 Å². The molecular formula is C18H16ClFN2O3. The van der Waals surface area contributed by atoms with Crippen LogP contribution in [0, 0.1) is 5.82 Å². The predicted molar refractivity (Wildman–Crippen MR) is 93.2 cm³/mol. The van der Waals surface area contributed by atoms with Crippen molar-refractivity contribution >= 4 is 28.6 Å². The van der Waals surface area contributed by atoms with Crippen molar-refractivity contribution in [2.45, 2.75) is 19.4 Å². The molecule has 0 saturated heterocycles. The van der Waals surface area contributed by atoms with Gasteiger partial charge in [-0.15, -0.1) is 0 Å². The van der Waals surface area contributed by atoms with Gasteiger partial charge in [-0.1, -0.05) is 23.7 Å². The Morgan fingerprint density at radius 2 is 2.08 bits per heavy atom. The zero-order valence-corrected chi connectivity index (χ0v) is 14.1. The Labute approximate surface area is 148 Å². The van der Waals surface area contributed by atoms with Crippen molar-refractivity contribution in [2.24, 2.45) is 0 Å². The average Bonchev–Trinajstić information content (AvgIpc) is 2.87. The number of rotatable bonds is 6. The summed E-state index contributed by atoms with van der Waals surface area (Å²) in [6.45, 7) is 0.609. The zero-order valence-electron chi connectivity index (χ0n) is 13.3. The number of carbonyl (C=O) groups is 1. The number of oxazole rings is 1. The molecular weight excluding hydrogens is 347 g/mol. The molecule has 0 spiro atoms. The molecule has 3 rings (SSSR count). The van der Waals surface area contributed by atoms with Crippen LogP contribution in [0.1, 0.15) is 12.0 Å². The van der Waals surface area contributed by atoms with E-state index in [2.05, 4.69) is 5.32 Å². The number of aromatic nitrogens is 1. The van der Waals surface area contributed by atoms with Crippen LogP contribution in [0.3, 0.4) is 0 Å². The molecule has 25 heavy (non-hydrogen) atoms. The standard InChI is InChI=1S/C18H16ClFN2O3/c19-13-4-5-15-16(11-13)25-18(24)22(15)9-7-17(23)21-8-6-12-2-1-3-14(20)10-12/h1-5,10-11H,6-9H2,(H,21,23). The summed E-state index contributed by atoms with van der Waals surface area (Å²) in [6, 6.07) is 11.2. The van der Waals surface area contributed by atoms with E-state index >= 15 is 0 Å². The predicted octanol–water partition coefficient (Wildman–Crippen LogP) is 3.14. The first-order valence-corrected chi connectivity index (χ1v) is 8.21. The summed E-state index contributed by atoms with van der Waals surface area (Å²) < 4.78 is 19.6. The molecule has 1 heterocycles.